The van der Waals surface area contributed by atoms with Crippen LogP contribution < -0.4 is 5.73 Å². The van der Waals surface area contributed by atoms with Gasteiger partial charge in [0.1, 0.15) is 11.6 Å². The minimum Gasteiger partial charge on any atom is -0.340 e. The van der Waals surface area contributed by atoms with Crippen molar-refractivity contribution in [2.45, 2.75) is 32.9 Å². The van der Waals surface area contributed by atoms with Gasteiger partial charge < -0.3 is 10.3 Å². The van der Waals surface area contributed by atoms with Crippen molar-refractivity contribution in [2.24, 2.45) is 5.73 Å². The van der Waals surface area contributed by atoms with Gasteiger partial charge in [0.15, 0.2) is 0 Å². The number of para-hydroxylation sites is 1. The number of rotatable bonds is 5. The molecule has 0 saturated carbocycles. The molecule has 1 atom stereocenters. The lowest BCUT2D eigenvalue weighted by Crippen LogP contribution is -2.30. The van der Waals surface area contributed by atoms with E-state index in [1.54, 1.807) is 6.92 Å². The summed E-state index contributed by atoms with van der Waals surface area (Å²) >= 11 is 0. The van der Waals surface area contributed by atoms with Gasteiger partial charge in [-0.3, -0.25) is 9.59 Å². The third kappa shape index (κ3) is 2.90. The SMILES string of the molecule is CC(=O)Cn1cc(C[C@H](N)C(C)=O)c2ccccc21. The molecule has 0 fully saturated rings. The first-order chi connectivity index (χ1) is 8.99. The second kappa shape index (κ2) is 5.36. The molecule has 1 aromatic heterocycles. The molecule has 0 unspecified atom stereocenters. The molecular weight excluding hydrogens is 240 g/mol. The molecule has 0 aliphatic rings. The van der Waals surface area contributed by atoms with E-state index < -0.39 is 6.04 Å². The Labute approximate surface area is 112 Å². The summed E-state index contributed by atoms with van der Waals surface area (Å²) < 4.78 is 1.92. The summed E-state index contributed by atoms with van der Waals surface area (Å²) in [4.78, 5) is 22.6. The van der Waals surface area contributed by atoms with E-state index in [-0.39, 0.29) is 11.6 Å². The number of hydrogen-bond donors (Lipinski definition) is 1. The van der Waals surface area contributed by atoms with Crippen LogP contribution in [0.4, 0.5) is 0 Å². The highest BCUT2D eigenvalue weighted by molar-refractivity contribution is 5.87. The molecule has 0 aliphatic heterocycles. The second-order valence-corrected chi connectivity index (χ2v) is 4.92. The Bertz CT molecular complexity index is 628. The number of fused-ring (bicyclic) bond motifs is 1. The Hall–Kier alpha value is -1.94. The van der Waals surface area contributed by atoms with E-state index >= 15 is 0 Å². The summed E-state index contributed by atoms with van der Waals surface area (Å²) in [6.07, 6.45) is 2.43. The molecule has 0 amide bonds. The Balaban J connectivity index is 2.44. The lowest BCUT2D eigenvalue weighted by Gasteiger charge is -2.05. The van der Waals surface area contributed by atoms with Crippen molar-refractivity contribution >= 4 is 22.5 Å². The third-order valence-corrected chi connectivity index (χ3v) is 3.23. The van der Waals surface area contributed by atoms with E-state index in [2.05, 4.69) is 0 Å². The van der Waals surface area contributed by atoms with Crippen molar-refractivity contribution in [1.29, 1.82) is 0 Å². The number of carbonyl (C=O) groups excluding carboxylic acids is 2. The van der Waals surface area contributed by atoms with Crippen LogP contribution in [0.3, 0.4) is 0 Å². The van der Waals surface area contributed by atoms with Crippen LogP contribution in [-0.4, -0.2) is 22.2 Å². The zero-order chi connectivity index (χ0) is 14.0. The van der Waals surface area contributed by atoms with Crippen LogP contribution in [0.1, 0.15) is 19.4 Å². The van der Waals surface area contributed by atoms with Crippen LogP contribution in [0, 0.1) is 0 Å². The summed E-state index contributed by atoms with van der Waals surface area (Å²) in [6, 6.07) is 7.36. The molecule has 0 spiro atoms. The quantitative estimate of drug-likeness (QED) is 0.887. The molecule has 4 nitrogen and oxygen atoms in total. The molecule has 0 radical (unpaired) electrons. The van der Waals surface area contributed by atoms with Gasteiger partial charge >= 0.3 is 0 Å². The van der Waals surface area contributed by atoms with E-state index in [4.69, 9.17) is 5.73 Å². The minimum atomic E-state index is -0.489. The number of Topliss-reactive ketones (excluding diaryl/α,β-unsaturated/α-hetero) is 2. The molecule has 100 valence electrons. The van der Waals surface area contributed by atoms with Crippen molar-refractivity contribution in [3.8, 4) is 0 Å². The highest BCUT2D eigenvalue weighted by atomic mass is 16.1. The number of nitrogens with two attached hydrogens (primary N) is 1. The maximum absolute atomic E-state index is 11.3. The fraction of sp³-hybridized carbons (Fsp3) is 0.333. The standard InChI is InChI=1S/C15H18N2O2/c1-10(18)8-17-9-12(7-14(16)11(2)19)13-5-3-4-6-15(13)17/h3-6,9,14H,7-8,16H2,1-2H3/t14-/m0/s1. The van der Waals surface area contributed by atoms with Gasteiger partial charge in [0, 0.05) is 17.1 Å². The van der Waals surface area contributed by atoms with Gasteiger partial charge in [-0.05, 0) is 31.9 Å². The number of nitrogens with zero attached hydrogens (tertiary/aromatic N) is 1. The van der Waals surface area contributed by atoms with Gasteiger partial charge in [0.05, 0.1) is 12.6 Å². The first kappa shape index (κ1) is 13.5. The minimum absolute atomic E-state index is 0.0246. The zero-order valence-corrected chi connectivity index (χ0v) is 11.2. The number of hydrogen-bond acceptors (Lipinski definition) is 3. The fourth-order valence-corrected chi connectivity index (χ4v) is 2.24. The molecule has 2 N–H and O–H groups in total. The fourth-order valence-electron chi connectivity index (χ4n) is 2.24. The average Bonchev–Trinajstić information content (AvgIpc) is 2.67. The largest absolute Gasteiger partial charge is 0.340 e. The molecule has 0 aliphatic carbocycles. The van der Waals surface area contributed by atoms with E-state index in [0.29, 0.717) is 13.0 Å². The van der Waals surface area contributed by atoms with E-state index in [1.165, 1.54) is 6.92 Å². The van der Waals surface area contributed by atoms with Gasteiger partial charge in [-0.2, -0.15) is 0 Å². The van der Waals surface area contributed by atoms with E-state index in [1.807, 2.05) is 35.0 Å². The number of ketones is 2. The Morgan fingerprint density at radius 1 is 1.26 bits per heavy atom. The number of carbonyl (C=O) groups is 2. The van der Waals surface area contributed by atoms with Gasteiger partial charge in [-0.1, -0.05) is 18.2 Å². The second-order valence-electron chi connectivity index (χ2n) is 4.92. The molecule has 1 aromatic carbocycles. The molecule has 2 aromatic rings. The predicted molar refractivity (Wildman–Crippen MR) is 75.0 cm³/mol. The van der Waals surface area contributed by atoms with Crippen LogP contribution in [0.25, 0.3) is 10.9 Å². The lowest BCUT2D eigenvalue weighted by atomic mass is 10.0. The molecular formula is C15H18N2O2. The van der Waals surface area contributed by atoms with Crippen molar-refractivity contribution in [3.05, 3.63) is 36.0 Å². The molecule has 1 heterocycles. The van der Waals surface area contributed by atoms with Crippen LogP contribution in [0.5, 0.6) is 0 Å². The Morgan fingerprint density at radius 2 is 1.95 bits per heavy atom. The molecule has 19 heavy (non-hydrogen) atoms. The number of aromatic nitrogens is 1. The highest BCUT2D eigenvalue weighted by Crippen LogP contribution is 2.22. The van der Waals surface area contributed by atoms with E-state index in [0.717, 1.165) is 16.5 Å². The maximum Gasteiger partial charge on any atom is 0.149 e. The summed E-state index contributed by atoms with van der Waals surface area (Å²) in [5, 5.41) is 1.06. The predicted octanol–water partition coefficient (Wildman–Crippen LogP) is 1.69. The highest BCUT2D eigenvalue weighted by Gasteiger charge is 2.14. The summed E-state index contributed by atoms with van der Waals surface area (Å²) in [6.45, 7) is 3.41. The third-order valence-electron chi connectivity index (χ3n) is 3.23. The summed E-state index contributed by atoms with van der Waals surface area (Å²) in [5.74, 6) is 0.0755. The van der Waals surface area contributed by atoms with Gasteiger partial charge in [-0.25, -0.2) is 0 Å². The normalized spacial score (nSPS) is 12.6. The molecule has 0 saturated heterocycles. The van der Waals surface area contributed by atoms with Crippen molar-refractivity contribution in [2.75, 3.05) is 0 Å². The van der Waals surface area contributed by atoms with Crippen molar-refractivity contribution in [3.63, 3.8) is 0 Å². The molecule has 4 heteroatoms. The number of benzene rings is 1. The summed E-state index contributed by atoms with van der Waals surface area (Å²) in [7, 11) is 0. The first-order valence-electron chi connectivity index (χ1n) is 6.31. The molecule has 2 rings (SSSR count). The zero-order valence-electron chi connectivity index (χ0n) is 11.2. The van der Waals surface area contributed by atoms with Crippen LogP contribution in [-0.2, 0) is 22.6 Å². The summed E-state index contributed by atoms with van der Waals surface area (Å²) in [5.41, 5.74) is 7.84. The smallest absolute Gasteiger partial charge is 0.149 e. The van der Waals surface area contributed by atoms with Crippen molar-refractivity contribution in [1.82, 2.24) is 4.57 Å². The first-order valence-corrected chi connectivity index (χ1v) is 6.31. The van der Waals surface area contributed by atoms with Crippen LogP contribution in [0.15, 0.2) is 30.5 Å². The lowest BCUT2D eigenvalue weighted by molar-refractivity contribution is -0.118. The van der Waals surface area contributed by atoms with Crippen molar-refractivity contribution < 1.29 is 9.59 Å². The topological polar surface area (TPSA) is 65.1 Å². The van der Waals surface area contributed by atoms with Crippen LogP contribution >= 0.6 is 0 Å². The van der Waals surface area contributed by atoms with Gasteiger partial charge in [-0.15, -0.1) is 0 Å². The monoisotopic (exact) mass is 258 g/mol. The Morgan fingerprint density at radius 3 is 2.58 bits per heavy atom. The molecule has 0 bridgehead atoms. The van der Waals surface area contributed by atoms with Gasteiger partial charge in [0.25, 0.3) is 0 Å². The van der Waals surface area contributed by atoms with E-state index in [9.17, 15) is 9.59 Å². The Kier molecular flexibility index (Phi) is 3.81. The average molecular weight is 258 g/mol. The van der Waals surface area contributed by atoms with Gasteiger partial charge in [0.2, 0.25) is 0 Å². The maximum atomic E-state index is 11.3. The van der Waals surface area contributed by atoms with Crippen LogP contribution in [0.2, 0.25) is 0 Å².